The van der Waals surface area contributed by atoms with Crippen molar-refractivity contribution >= 4 is 62.2 Å². The molecule has 0 atom stereocenters. The monoisotopic (exact) mass is 448 g/mol. The first kappa shape index (κ1) is 18.8. The number of carbonyl (C=O) groups excluding carboxylic acids is 2. The molecule has 0 bridgehead atoms. The van der Waals surface area contributed by atoms with Crippen LogP contribution in [0.25, 0.3) is 17.3 Å². The number of carbonyl (C=O) groups is 2. The Kier molecular flexibility index (Phi) is 5.85. The maximum absolute atomic E-state index is 12.2. The van der Waals surface area contributed by atoms with Crippen molar-refractivity contribution in [2.24, 2.45) is 0 Å². The Bertz CT molecular complexity index is 927. The Labute approximate surface area is 168 Å². The SMILES string of the molecule is CCOC(=O)c1ccc(-c2ccc(Br)cc2)nc1/C=C1\SC(=S)NC1=O. The molecule has 0 unspecified atom stereocenters. The van der Waals surface area contributed by atoms with E-state index < -0.39 is 5.97 Å². The predicted octanol–water partition coefficient (Wildman–Crippen LogP) is 4.18. The highest BCUT2D eigenvalue weighted by atomic mass is 79.9. The van der Waals surface area contributed by atoms with E-state index in [9.17, 15) is 9.59 Å². The summed E-state index contributed by atoms with van der Waals surface area (Å²) < 4.78 is 6.43. The molecule has 0 spiro atoms. The molecule has 8 heteroatoms. The first-order valence-electron chi connectivity index (χ1n) is 7.67. The number of hydrogen-bond donors (Lipinski definition) is 1. The molecular formula is C18H13BrN2O3S2. The normalized spacial score (nSPS) is 15.2. The van der Waals surface area contributed by atoms with Gasteiger partial charge in [-0.1, -0.05) is 52.0 Å². The Balaban J connectivity index is 2.08. The molecular weight excluding hydrogens is 436 g/mol. The molecule has 2 heterocycles. The van der Waals surface area contributed by atoms with E-state index in [0.29, 0.717) is 26.2 Å². The number of benzene rings is 1. The average molecular weight is 449 g/mol. The van der Waals surface area contributed by atoms with Crippen LogP contribution in [0.3, 0.4) is 0 Å². The van der Waals surface area contributed by atoms with Crippen LogP contribution < -0.4 is 5.32 Å². The summed E-state index contributed by atoms with van der Waals surface area (Å²) in [5.41, 5.74) is 2.24. The molecule has 1 aliphatic rings. The van der Waals surface area contributed by atoms with Gasteiger partial charge >= 0.3 is 5.97 Å². The number of hydrogen-bond acceptors (Lipinski definition) is 6. The van der Waals surface area contributed by atoms with Crippen molar-refractivity contribution in [2.75, 3.05) is 6.61 Å². The molecule has 1 aliphatic heterocycles. The third-order valence-electron chi connectivity index (χ3n) is 3.47. The Morgan fingerprint density at radius 3 is 2.65 bits per heavy atom. The number of aromatic nitrogens is 1. The topological polar surface area (TPSA) is 68.3 Å². The molecule has 1 N–H and O–H groups in total. The van der Waals surface area contributed by atoms with E-state index in [1.54, 1.807) is 25.1 Å². The molecule has 2 aromatic rings. The van der Waals surface area contributed by atoms with Crippen LogP contribution in [0, 0.1) is 0 Å². The fourth-order valence-electron chi connectivity index (χ4n) is 2.29. The summed E-state index contributed by atoms with van der Waals surface area (Å²) in [5.74, 6) is -0.786. The van der Waals surface area contributed by atoms with Gasteiger partial charge in [0.1, 0.15) is 4.32 Å². The van der Waals surface area contributed by atoms with E-state index in [1.165, 1.54) is 0 Å². The van der Waals surface area contributed by atoms with Crippen molar-refractivity contribution in [2.45, 2.75) is 6.92 Å². The zero-order chi connectivity index (χ0) is 18.7. The second-order valence-electron chi connectivity index (χ2n) is 5.21. The molecule has 1 amide bonds. The van der Waals surface area contributed by atoms with Gasteiger partial charge in [-0.05, 0) is 37.3 Å². The first-order chi connectivity index (χ1) is 12.5. The first-order valence-corrected chi connectivity index (χ1v) is 9.68. The number of pyridine rings is 1. The highest BCUT2D eigenvalue weighted by molar-refractivity contribution is 9.10. The van der Waals surface area contributed by atoms with Crippen LogP contribution in [-0.2, 0) is 9.53 Å². The molecule has 26 heavy (non-hydrogen) atoms. The van der Waals surface area contributed by atoms with E-state index >= 15 is 0 Å². The van der Waals surface area contributed by atoms with E-state index in [4.69, 9.17) is 17.0 Å². The average Bonchev–Trinajstić information content (AvgIpc) is 2.93. The van der Waals surface area contributed by atoms with Gasteiger partial charge in [-0.2, -0.15) is 0 Å². The Morgan fingerprint density at radius 2 is 2.04 bits per heavy atom. The van der Waals surface area contributed by atoms with Crippen molar-refractivity contribution in [3.05, 3.63) is 57.0 Å². The number of halogens is 1. The number of amides is 1. The van der Waals surface area contributed by atoms with Gasteiger partial charge in [-0.25, -0.2) is 9.78 Å². The summed E-state index contributed by atoms with van der Waals surface area (Å²) in [6.45, 7) is 1.99. The molecule has 3 rings (SSSR count). The number of nitrogens with zero attached hydrogens (tertiary/aromatic N) is 1. The Hall–Kier alpha value is -2.03. The smallest absolute Gasteiger partial charge is 0.340 e. The number of thiocarbonyl (C=S) groups is 1. The van der Waals surface area contributed by atoms with Gasteiger partial charge in [0.25, 0.3) is 5.91 Å². The lowest BCUT2D eigenvalue weighted by Crippen LogP contribution is -2.17. The van der Waals surface area contributed by atoms with Crippen molar-refractivity contribution in [3.8, 4) is 11.3 Å². The van der Waals surface area contributed by atoms with Crippen molar-refractivity contribution in [1.29, 1.82) is 0 Å². The van der Waals surface area contributed by atoms with Crippen LogP contribution in [0.5, 0.6) is 0 Å². The van der Waals surface area contributed by atoms with Gasteiger partial charge in [0.15, 0.2) is 0 Å². The maximum Gasteiger partial charge on any atom is 0.340 e. The van der Waals surface area contributed by atoms with Crippen LogP contribution in [0.15, 0.2) is 45.8 Å². The van der Waals surface area contributed by atoms with Crippen LogP contribution in [-0.4, -0.2) is 27.8 Å². The molecule has 0 aliphatic carbocycles. The summed E-state index contributed by atoms with van der Waals surface area (Å²) in [7, 11) is 0. The standard InChI is InChI=1S/C18H13BrN2O3S2/c1-2-24-17(23)12-7-8-13(10-3-5-11(19)6-4-10)20-14(12)9-15-16(22)21-18(25)26-15/h3-9H,2H2,1H3,(H,21,22,25)/b15-9-. The molecule has 0 saturated carbocycles. The summed E-state index contributed by atoms with van der Waals surface area (Å²) in [4.78, 5) is 29.2. The number of rotatable bonds is 4. The van der Waals surface area contributed by atoms with Gasteiger partial charge in [-0.15, -0.1) is 0 Å². The van der Waals surface area contributed by atoms with E-state index in [-0.39, 0.29) is 12.5 Å². The van der Waals surface area contributed by atoms with E-state index in [2.05, 4.69) is 26.2 Å². The minimum atomic E-state index is -0.486. The summed E-state index contributed by atoms with van der Waals surface area (Å²) in [6, 6.07) is 11.1. The zero-order valence-electron chi connectivity index (χ0n) is 13.6. The van der Waals surface area contributed by atoms with Gasteiger partial charge in [-0.3, -0.25) is 4.79 Å². The lowest BCUT2D eigenvalue weighted by molar-refractivity contribution is -0.115. The highest BCUT2D eigenvalue weighted by Crippen LogP contribution is 2.28. The second kappa shape index (κ2) is 8.11. The number of nitrogens with one attached hydrogen (secondary N) is 1. The van der Waals surface area contributed by atoms with Crippen molar-refractivity contribution in [3.63, 3.8) is 0 Å². The third-order valence-corrected chi connectivity index (χ3v) is 5.16. The van der Waals surface area contributed by atoms with Gasteiger partial charge in [0, 0.05) is 10.0 Å². The molecule has 0 radical (unpaired) electrons. The van der Waals surface area contributed by atoms with Gasteiger partial charge in [0.2, 0.25) is 0 Å². The highest BCUT2D eigenvalue weighted by Gasteiger charge is 2.24. The quantitative estimate of drug-likeness (QED) is 0.429. The summed E-state index contributed by atoms with van der Waals surface area (Å²) in [6.07, 6.45) is 1.56. The van der Waals surface area contributed by atoms with E-state index in [0.717, 1.165) is 21.8 Å². The van der Waals surface area contributed by atoms with Crippen LogP contribution in [0.2, 0.25) is 0 Å². The number of esters is 1. The molecule has 132 valence electrons. The fraction of sp³-hybridized carbons (Fsp3) is 0.111. The Morgan fingerprint density at radius 1 is 1.31 bits per heavy atom. The van der Waals surface area contributed by atoms with E-state index in [1.807, 2.05) is 24.3 Å². The number of ether oxygens (including phenoxy) is 1. The molecule has 1 aromatic carbocycles. The summed E-state index contributed by atoms with van der Waals surface area (Å²) in [5, 5.41) is 2.55. The van der Waals surface area contributed by atoms with Gasteiger partial charge < -0.3 is 10.1 Å². The lowest BCUT2D eigenvalue weighted by atomic mass is 10.1. The van der Waals surface area contributed by atoms with Crippen LogP contribution in [0.1, 0.15) is 23.0 Å². The minimum absolute atomic E-state index is 0.253. The maximum atomic E-state index is 12.2. The molecule has 5 nitrogen and oxygen atoms in total. The fourth-order valence-corrected chi connectivity index (χ4v) is 3.58. The zero-order valence-corrected chi connectivity index (χ0v) is 16.8. The summed E-state index contributed by atoms with van der Waals surface area (Å²) >= 11 is 9.54. The largest absolute Gasteiger partial charge is 0.462 e. The molecule has 1 aromatic heterocycles. The van der Waals surface area contributed by atoms with Crippen LogP contribution >= 0.6 is 39.9 Å². The minimum Gasteiger partial charge on any atom is -0.462 e. The molecule has 1 fully saturated rings. The molecule has 1 saturated heterocycles. The number of thioether (sulfide) groups is 1. The van der Waals surface area contributed by atoms with Gasteiger partial charge in [0.05, 0.1) is 28.5 Å². The van der Waals surface area contributed by atoms with Crippen molar-refractivity contribution in [1.82, 2.24) is 10.3 Å². The predicted molar refractivity (Wildman–Crippen MR) is 110 cm³/mol. The third kappa shape index (κ3) is 4.20. The van der Waals surface area contributed by atoms with Crippen LogP contribution in [0.4, 0.5) is 0 Å². The second-order valence-corrected chi connectivity index (χ2v) is 7.84. The lowest BCUT2D eigenvalue weighted by Gasteiger charge is -2.08. The van der Waals surface area contributed by atoms with Crippen molar-refractivity contribution < 1.29 is 14.3 Å².